The van der Waals surface area contributed by atoms with Crippen LogP contribution in [0, 0.1) is 5.41 Å². The zero-order valence-electron chi connectivity index (χ0n) is 20.4. The first kappa shape index (κ1) is 23.3. The normalized spacial score (nSPS) is 25.6. The van der Waals surface area contributed by atoms with Crippen molar-refractivity contribution in [2.45, 2.75) is 84.2 Å². The Morgan fingerprint density at radius 3 is 2.56 bits per heavy atom. The number of rotatable bonds is 5. The fourth-order valence-corrected chi connectivity index (χ4v) is 5.36. The van der Waals surface area contributed by atoms with Gasteiger partial charge >= 0.3 is 0 Å². The van der Waals surface area contributed by atoms with Crippen molar-refractivity contribution in [3.8, 4) is 0 Å². The first-order chi connectivity index (χ1) is 15.4. The van der Waals surface area contributed by atoms with Gasteiger partial charge in [0.15, 0.2) is 0 Å². The minimum absolute atomic E-state index is 0.0501. The average molecular weight is 443 g/mol. The number of carbonyl (C=O) groups is 1. The number of anilines is 2. The van der Waals surface area contributed by atoms with Crippen LogP contribution < -0.4 is 10.2 Å². The monoisotopic (exact) mass is 442 g/mol. The van der Waals surface area contributed by atoms with E-state index in [2.05, 4.69) is 45.8 Å². The standard InChI is InChI=1S/C25H42N6O/c1-25(2,3)17-23(32)31-15-8-9-21(19-31)30-16-11-20(18-30)27-24-26-12-10-22(28-24)29-13-6-4-5-7-14-29/h10,12,20-21H,4-9,11,13-19H2,1-3H3,(H,26,27,28). The Kier molecular flexibility index (Phi) is 7.54. The van der Waals surface area contributed by atoms with E-state index in [1.54, 1.807) is 0 Å². The molecule has 3 aliphatic rings. The molecule has 7 nitrogen and oxygen atoms in total. The van der Waals surface area contributed by atoms with E-state index >= 15 is 0 Å². The first-order valence-corrected chi connectivity index (χ1v) is 12.7. The summed E-state index contributed by atoms with van der Waals surface area (Å²) in [5.41, 5.74) is 0.0501. The number of hydrogen-bond acceptors (Lipinski definition) is 6. The number of aromatic nitrogens is 2. The van der Waals surface area contributed by atoms with Crippen molar-refractivity contribution >= 4 is 17.7 Å². The molecule has 1 N–H and O–H groups in total. The summed E-state index contributed by atoms with van der Waals surface area (Å²) in [6.45, 7) is 12.5. The topological polar surface area (TPSA) is 64.6 Å². The second-order valence-corrected chi connectivity index (χ2v) is 11.1. The van der Waals surface area contributed by atoms with Crippen molar-refractivity contribution in [3.63, 3.8) is 0 Å². The highest BCUT2D eigenvalue weighted by Gasteiger charge is 2.33. The molecule has 0 saturated carbocycles. The van der Waals surface area contributed by atoms with Crippen molar-refractivity contribution in [2.75, 3.05) is 49.5 Å². The molecule has 0 spiro atoms. The lowest BCUT2D eigenvalue weighted by atomic mass is 9.91. The average Bonchev–Trinajstić information content (AvgIpc) is 3.05. The third-order valence-corrected chi connectivity index (χ3v) is 7.07. The van der Waals surface area contributed by atoms with E-state index in [4.69, 9.17) is 4.98 Å². The Hall–Kier alpha value is -1.89. The van der Waals surface area contributed by atoms with E-state index in [-0.39, 0.29) is 5.41 Å². The minimum Gasteiger partial charge on any atom is -0.356 e. The lowest BCUT2D eigenvalue weighted by Crippen LogP contribution is -2.50. The molecule has 3 saturated heterocycles. The van der Waals surface area contributed by atoms with Gasteiger partial charge in [-0.1, -0.05) is 33.6 Å². The second-order valence-electron chi connectivity index (χ2n) is 11.1. The van der Waals surface area contributed by atoms with Crippen LogP contribution in [0.5, 0.6) is 0 Å². The molecule has 2 atom stereocenters. The number of nitrogens with zero attached hydrogens (tertiary/aromatic N) is 5. The van der Waals surface area contributed by atoms with Crippen molar-refractivity contribution in [2.24, 2.45) is 5.41 Å². The first-order valence-electron chi connectivity index (χ1n) is 12.7. The molecule has 0 radical (unpaired) electrons. The number of amides is 1. The van der Waals surface area contributed by atoms with Crippen molar-refractivity contribution in [3.05, 3.63) is 12.3 Å². The molecule has 1 aromatic rings. The number of hydrogen-bond donors (Lipinski definition) is 1. The summed E-state index contributed by atoms with van der Waals surface area (Å²) < 4.78 is 0. The molecule has 1 aromatic heterocycles. The van der Waals surface area contributed by atoms with Crippen LogP contribution in [0.25, 0.3) is 0 Å². The zero-order valence-corrected chi connectivity index (χ0v) is 20.4. The molecular weight excluding hydrogens is 400 g/mol. The third-order valence-electron chi connectivity index (χ3n) is 7.07. The largest absolute Gasteiger partial charge is 0.356 e. The molecule has 4 heterocycles. The summed E-state index contributed by atoms with van der Waals surface area (Å²) in [5, 5.41) is 3.60. The molecule has 3 aliphatic heterocycles. The highest BCUT2D eigenvalue weighted by atomic mass is 16.2. The van der Waals surface area contributed by atoms with Crippen molar-refractivity contribution in [1.82, 2.24) is 19.8 Å². The van der Waals surface area contributed by atoms with Gasteiger partial charge in [-0.2, -0.15) is 4.98 Å². The summed E-state index contributed by atoms with van der Waals surface area (Å²) in [5.74, 6) is 2.12. The highest BCUT2D eigenvalue weighted by Crippen LogP contribution is 2.26. The van der Waals surface area contributed by atoms with E-state index in [9.17, 15) is 4.79 Å². The van der Waals surface area contributed by atoms with Gasteiger partial charge in [-0.25, -0.2) is 4.98 Å². The van der Waals surface area contributed by atoms with Crippen LogP contribution >= 0.6 is 0 Å². The predicted molar refractivity (Wildman–Crippen MR) is 130 cm³/mol. The van der Waals surface area contributed by atoms with E-state index < -0.39 is 0 Å². The van der Waals surface area contributed by atoms with Gasteiger partial charge in [0.2, 0.25) is 11.9 Å². The number of nitrogens with one attached hydrogen (secondary N) is 1. The molecule has 1 amide bonds. The number of likely N-dealkylation sites (tertiary alicyclic amines) is 2. The summed E-state index contributed by atoms with van der Waals surface area (Å²) in [6, 6.07) is 2.89. The van der Waals surface area contributed by atoms with E-state index in [0.29, 0.717) is 24.4 Å². The Bertz CT molecular complexity index is 755. The smallest absolute Gasteiger partial charge is 0.224 e. The quantitative estimate of drug-likeness (QED) is 0.749. The second kappa shape index (κ2) is 10.4. The Balaban J connectivity index is 1.30. The third kappa shape index (κ3) is 6.33. The van der Waals surface area contributed by atoms with Crippen LogP contribution in [0.4, 0.5) is 11.8 Å². The van der Waals surface area contributed by atoms with Gasteiger partial charge in [-0.3, -0.25) is 9.69 Å². The fourth-order valence-electron chi connectivity index (χ4n) is 5.36. The van der Waals surface area contributed by atoms with Gasteiger partial charge in [-0.05, 0) is 43.6 Å². The summed E-state index contributed by atoms with van der Waals surface area (Å²) >= 11 is 0. The van der Waals surface area contributed by atoms with Crippen LogP contribution in [-0.2, 0) is 4.79 Å². The van der Waals surface area contributed by atoms with Gasteiger partial charge in [0, 0.05) is 64.0 Å². The Morgan fingerprint density at radius 2 is 1.81 bits per heavy atom. The van der Waals surface area contributed by atoms with Crippen LogP contribution in [0.3, 0.4) is 0 Å². The Morgan fingerprint density at radius 1 is 1.03 bits per heavy atom. The van der Waals surface area contributed by atoms with Gasteiger partial charge in [0.1, 0.15) is 5.82 Å². The van der Waals surface area contributed by atoms with Crippen molar-refractivity contribution < 1.29 is 4.79 Å². The van der Waals surface area contributed by atoms with E-state index in [0.717, 1.165) is 63.9 Å². The lowest BCUT2D eigenvalue weighted by Gasteiger charge is -2.38. The van der Waals surface area contributed by atoms with E-state index in [1.807, 2.05) is 12.3 Å². The summed E-state index contributed by atoms with van der Waals surface area (Å²) in [4.78, 5) is 29.2. The zero-order chi connectivity index (χ0) is 22.6. The van der Waals surface area contributed by atoms with Crippen LogP contribution in [-0.4, -0.2) is 77.0 Å². The van der Waals surface area contributed by atoms with E-state index in [1.165, 1.54) is 32.1 Å². The molecule has 178 valence electrons. The maximum Gasteiger partial charge on any atom is 0.224 e. The molecule has 4 rings (SSSR count). The number of piperidine rings is 1. The minimum atomic E-state index is 0.0501. The molecule has 0 aromatic carbocycles. The summed E-state index contributed by atoms with van der Waals surface area (Å²) in [6.07, 6.45) is 11.1. The molecule has 0 bridgehead atoms. The maximum atomic E-state index is 12.7. The van der Waals surface area contributed by atoms with Gasteiger partial charge in [0.05, 0.1) is 0 Å². The maximum absolute atomic E-state index is 12.7. The highest BCUT2D eigenvalue weighted by molar-refractivity contribution is 5.77. The fraction of sp³-hybridized carbons (Fsp3) is 0.800. The molecule has 2 unspecified atom stereocenters. The molecule has 0 aliphatic carbocycles. The number of carbonyl (C=O) groups excluding carboxylic acids is 1. The summed E-state index contributed by atoms with van der Waals surface area (Å²) in [7, 11) is 0. The van der Waals surface area contributed by atoms with Crippen LogP contribution in [0.15, 0.2) is 12.3 Å². The van der Waals surface area contributed by atoms with Gasteiger partial charge in [-0.15, -0.1) is 0 Å². The molecule has 32 heavy (non-hydrogen) atoms. The lowest BCUT2D eigenvalue weighted by molar-refractivity contribution is -0.135. The molecular formula is C25H42N6O. The van der Waals surface area contributed by atoms with Crippen LogP contribution in [0.1, 0.15) is 72.1 Å². The van der Waals surface area contributed by atoms with Crippen molar-refractivity contribution in [1.29, 1.82) is 0 Å². The Labute approximate surface area is 194 Å². The van der Waals surface area contributed by atoms with Crippen LogP contribution in [0.2, 0.25) is 0 Å². The predicted octanol–water partition coefficient (Wildman–Crippen LogP) is 3.77. The SMILES string of the molecule is CC(C)(C)CC(=O)N1CCCC(N2CCC(Nc3nccc(N4CCCCCC4)n3)C2)C1. The van der Waals surface area contributed by atoms with Gasteiger partial charge in [0.25, 0.3) is 0 Å². The molecule has 7 heteroatoms. The molecule has 3 fully saturated rings. The van der Waals surface area contributed by atoms with Gasteiger partial charge < -0.3 is 15.1 Å².